The molecule has 26 heavy (non-hydrogen) atoms. The standard InChI is InChI=1S/C18H24N2O5S/c1-24-14-9-11-5-3-4-10(11)8-13(14)18(21)19-15-12-6-7-25-17(12)16(15)20-26(2,22)23/h8-9,12,15-17,20H,3-7H2,1-2H3,(H,19,21)/t12-,15+,16-,17-/m1/s1. The number of sulfonamides is 1. The highest BCUT2D eigenvalue weighted by Gasteiger charge is 2.55. The molecule has 1 amide bonds. The van der Waals surface area contributed by atoms with Crippen molar-refractivity contribution < 1.29 is 22.7 Å². The first-order valence-corrected chi connectivity index (χ1v) is 10.9. The van der Waals surface area contributed by atoms with Crippen molar-refractivity contribution in [3.8, 4) is 5.75 Å². The lowest BCUT2D eigenvalue weighted by molar-refractivity contribution is -0.0194. The molecule has 3 aliphatic rings. The quantitative estimate of drug-likeness (QED) is 0.781. The van der Waals surface area contributed by atoms with E-state index in [9.17, 15) is 13.2 Å². The number of ether oxygens (including phenoxy) is 2. The molecule has 1 aliphatic heterocycles. The van der Waals surface area contributed by atoms with Gasteiger partial charge in [-0.05, 0) is 48.9 Å². The van der Waals surface area contributed by atoms with Crippen molar-refractivity contribution in [2.45, 2.75) is 43.9 Å². The summed E-state index contributed by atoms with van der Waals surface area (Å²) < 4.78 is 37.0. The number of rotatable bonds is 5. The molecular weight excluding hydrogens is 356 g/mol. The van der Waals surface area contributed by atoms with Crippen molar-refractivity contribution in [1.29, 1.82) is 0 Å². The van der Waals surface area contributed by atoms with Crippen LogP contribution in [0.15, 0.2) is 12.1 Å². The first-order chi connectivity index (χ1) is 12.4. The number of methoxy groups -OCH3 is 1. The van der Waals surface area contributed by atoms with Crippen LogP contribution in [0.25, 0.3) is 0 Å². The van der Waals surface area contributed by atoms with Crippen molar-refractivity contribution in [3.63, 3.8) is 0 Å². The van der Waals surface area contributed by atoms with E-state index < -0.39 is 16.1 Å². The number of hydrogen-bond acceptors (Lipinski definition) is 5. The predicted molar refractivity (Wildman–Crippen MR) is 95.9 cm³/mol. The molecule has 1 heterocycles. The Bertz CT molecular complexity index is 838. The summed E-state index contributed by atoms with van der Waals surface area (Å²) in [5, 5.41) is 3.02. The maximum Gasteiger partial charge on any atom is 0.255 e. The molecule has 0 unspecified atom stereocenters. The van der Waals surface area contributed by atoms with E-state index in [1.54, 1.807) is 7.11 Å². The van der Waals surface area contributed by atoms with Gasteiger partial charge < -0.3 is 14.8 Å². The number of fused-ring (bicyclic) bond motifs is 2. The maximum absolute atomic E-state index is 12.9. The maximum atomic E-state index is 12.9. The Morgan fingerprint density at radius 3 is 2.65 bits per heavy atom. The third-order valence-electron chi connectivity index (χ3n) is 5.69. The van der Waals surface area contributed by atoms with E-state index in [2.05, 4.69) is 10.0 Å². The van der Waals surface area contributed by atoms with Crippen molar-refractivity contribution in [2.75, 3.05) is 20.0 Å². The molecule has 2 fully saturated rings. The third-order valence-corrected chi connectivity index (χ3v) is 6.39. The van der Waals surface area contributed by atoms with Gasteiger partial charge in [0, 0.05) is 12.5 Å². The lowest BCUT2D eigenvalue weighted by Gasteiger charge is -2.47. The normalized spacial score (nSPS) is 29.6. The van der Waals surface area contributed by atoms with E-state index in [1.165, 1.54) is 11.1 Å². The second-order valence-corrected chi connectivity index (χ2v) is 9.16. The van der Waals surface area contributed by atoms with E-state index >= 15 is 0 Å². The molecule has 0 spiro atoms. The van der Waals surface area contributed by atoms with Crippen LogP contribution in [0.1, 0.15) is 34.3 Å². The van der Waals surface area contributed by atoms with Gasteiger partial charge in [0.15, 0.2) is 0 Å². The van der Waals surface area contributed by atoms with Crippen LogP contribution in [0.4, 0.5) is 0 Å². The highest BCUT2D eigenvalue weighted by atomic mass is 32.2. The molecule has 7 nitrogen and oxygen atoms in total. The van der Waals surface area contributed by atoms with Gasteiger partial charge >= 0.3 is 0 Å². The Kier molecular flexibility index (Phi) is 4.45. The zero-order valence-electron chi connectivity index (χ0n) is 14.9. The Balaban J connectivity index is 1.56. The lowest BCUT2D eigenvalue weighted by Crippen LogP contribution is -2.70. The van der Waals surface area contributed by atoms with Crippen LogP contribution in [0.5, 0.6) is 5.75 Å². The number of carbonyl (C=O) groups is 1. The first kappa shape index (κ1) is 17.8. The number of aryl methyl sites for hydroxylation is 2. The summed E-state index contributed by atoms with van der Waals surface area (Å²) in [6.07, 6.45) is 4.85. The van der Waals surface area contributed by atoms with Gasteiger partial charge in [0.25, 0.3) is 5.91 Å². The van der Waals surface area contributed by atoms with Gasteiger partial charge in [-0.15, -0.1) is 0 Å². The summed E-state index contributed by atoms with van der Waals surface area (Å²) in [5.74, 6) is 0.472. The smallest absolute Gasteiger partial charge is 0.255 e. The number of nitrogens with one attached hydrogen (secondary N) is 2. The highest BCUT2D eigenvalue weighted by molar-refractivity contribution is 7.88. The topological polar surface area (TPSA) is 93.7 Å². The van der Waals surface area contributed by atoms with E-state index in [-0.39, 0.29) is 24.0 Å². The number of benzene rings is 1. The van der Waals surface area contributed by atoms with Gasteiger partial charge in [0.2, 0.25) is 10.0 Å². The van der Waals surface area contributed by atoms with Gasteiger partial charge in [-0.3, -0.25) is 4.79 Å². The molecule has 1 saturated heterocycles. The van der Waals surface area contributed by atoms with Crippen LogP contribution < -0.4 is 14.8 Å². The number of amides is 1. The van der Waals surface area contributed by atoms with E-state index in [4.69, 9.17) is 9.47 Å². The molecule has 8 heteroatoms. The van der Waals surface area contributed by atoms with Gasteiger partial charge in [0.05, 0.1) is 37.1 Å². The van der Waals surface area contributed by atoms with Gasteiger partial charge in [-0.2, -0.15) is 0 Å². The zero-order chi connectivity index (χ0) is 18.5. The summed E-state index contributed by atoms with van der Waals surface area (Å²) >= 11 is 0. The monoisotopic (exact) mass is 380 g/mol. The molecule has 1 saturated carbocycles. The van der Waals surface area contributed by atoms with Crippen LogP contribution in [-0.2, 0) is 27.6 Å². The second kappa shape index (κ2) is 6.51. The van der Waals surface area contributed by atoms with Crippen LogP contribution in [-0.4, -0.2) is 52.5 Å². The Morgan fingerprint density at radius 2 is 1.96 bits per heavy atom. The Hall–Kier alpha value is -1.64. The predicted octanol–water partition coefficient (Wildman–Crippen LogP) is 0.619. The fourth-order valence-corrected chi connectivity index (χ4v) is 5.24. The largest absolute Gasteiger partial charge is 0.496 e. The van der Waals surface area contributed by atoms with Crippen LogP contribution in [0, 0.1) is 5.92 Å². The molecule has 142 valence electrons. The molecule has 4 rings (SSSR count). The Morgan fingerprint density at radius 1 is 1.23 bits per heavy atom. The van der Waals surface area contributed by atoms with Crippen LogP contribution in [0.3, 0.4) is 0 Å². The van der Waals surface area contributed by atoms with Gasteiger partial charge in [0.1, 0.15) is 5.75 Å². The van der Waals surface area contributed by atoms with E-state index in [1.807, 2.05) is 12.1 Å². The minimum atomic E-state index is -3.38. The van der Waals surface area contributed by atoms with E-state index in [0.717, 1.165) is 31.9 Å². The average molecular weight is 380 g/mol. The summed E-state index contributed by atoms with van der Waals surface area (Å²) in [5.41, 5.74) is 2.94. The van der Waals surface area contributed by atoms with Crippen molar-refractivity contribution in [2.24, 2.45) is 5.92 Å². The second-order valence-electron chi connectivity index (χ2n) is 7.38. The van der Waals surface area contributed by atoms with Gasteiger partial charge in [-0.25, -0.2) is 13.1 Å². The molecule has 0 bridgehead atoms. The summed E-state index contributed by atoms with van der Waals surface area (Å²) in [6.45, 7) is 0.589. The third kappa shape index (κ3) is 3.10. The summed E-state index contributed by atoms with van der Waals surface area (Å²) in [6, 6.07) is 3.16. The number of carbonyl (C=O) groups excluding carboxylic acids is 1. The van der Waals surface area contributed by atoms with Crippen molar-refractivity contribution >= 4 is 15.9 Å². The molecule has 0 aromatic heterocycles. The fraction of sp³-hybridized carbons (Fsp3) is 0.611. The SMILES string of the molecule is COc1cc2c(cc1C(=O)N[C@H]1[C@H]3CCO[C@H]3[C@@H]1NS(C)(=O)=O)CCC2. The van der Waals surface area contributed by atoms with Crippen LogP contribution in [0.2, 0.25) is 0 Å². The molecule has 0 radical (unpaired) electrons. The Labute approximate surface area is 153 Å². The zero-order valence-corrected chi connectivity index (χ0v) is 15.8. The fourth-order valence-electron chi connectivity index (χ4n) is 4.47. The summed E-state index contributed by atoms with van der Waals surface area (Å²) in [7, 11) is -1.82. The highest BCUT2D eigenvalue weighted by Crippen LogP contribution is 2.40. The van der Waals surface area contributed by atoms with Crippen LogP contribution >= 0.6 is 0 Å². The molecule has 2 aliphatic carbocycles. The van der Waals surface area contributed by atoms with Crippen molar-refractivity contribution in [3.05, 3.63) is 28.8 Å². The first-order valence-electron chi connectivity index (χ1n) is 8.97. The molecular formula is C18H24N2O5S. The summed E-state index contributed by atoms with van der Waals surface area (Å²) in [4.78, 5) is 12.9. The lowest BCUT2D eigenvalue weighted by atomic mass is 9.72. The minimum absolute atomic E-state index is 0.138. The molecule has 2 N–H and O–H groups in total. The molecule has 1 aromatic carbocycles. The average Bonchev–Trinajstić information content (AvgIpc) is 3.22. The van der Waals surface area contributed by atoms with Crippen molar-refractivity contribution in [1.82, 2.24) is 10.0 Å². The van der Waals surface area contributed by atoms with Gasteiger partial charge in [-0.1, -0.05) is 0 Å². The minimum Gasteiger partial charge on any atom is -0.496 e. The number of hydrogen-bond donors (Lipinski definition) is 2. The molecule has 4 atom stereocenters. The molecule has 1 aromatic rings. The van der Waals surface area contributed by atoms with E-state index in [0.29, 0.717) is 17.9 Å².